The third-order valence-electron chi connectivity index (χ3n) is 2.45. The minimum atomic E-state index is -0.479. The maximum absolute atomic E-state index is 11.0. The van der Waals surface area contributed by atoms with Gasteiger partial charge in [-0.1, -0.05) is 11.3 Å². The lowest BCUT2D eigenvalue weighted by atomic mass is 10.2. The molecule has 0 radical (unpaired) electrons. The molecule has 0 unspecified atom stereocenters. The van der Waals surface area contributed by atoms with Crippen molar-refractivity contribution in [2.24, 2.45) is 0 Å². The molecule has 0 atom stereocenters. The molecule has 7 nitrogen and oxygen atoms in total. The van der Waals surface area contributed by atoms with Crippen LogP contribution in [0.15, 0.2) is 20.8 Å². The topological polar surface area (TPSA) is 101 Å². The fourth-order valence-corrected chi connectivity index (χ4v) is 2.48. The predicted molar refractivity (Wildman–Crippen MR) is 75.6 cm³/mol. The Morgan fingerprint density at radius 3 is 2.95 bits per heavy atom. The van der Waals surface area contributed by atoms with E-state index in [4.69, 9.17) is 0 Å². The van der Waals surface area contributed by atoms with E-state index in [0.717, 1.165) is 17.0 Å². The molecule has 0 spiro atoms. The minimum absolute atomic E-state index is 0.0404. The Morgan fingerprint density at radius 1 is 1.63 bits per heavy atom. The third kappa shape index (κ3) is 2.99. The Labute approximate surface area is 120 Å². The fraction of sp³-hybridized carbons (Fsp3) is 0.200. The average Bonchev–Trinajstić information content (AvgIpc) is 2.76. The van der Waals surface area contributed by atoms with Gasteiger partial charge in [-0.05, 0) is 22.9 Å². The lowest BCUT2D eigenvalue weighted by Gasteiger charge is -2.08. The summed E-state index contributed by atoms with van der Waals surface area (Å²) in [6.07, 6.45) is 1.21. The van der Waals surface area contributed by atoms with E-state index in [9.17, 15) is 14.9 Å². The van der Waals surface area contributed by atoms with Crippen LogP contribution in [0, 0.1) is 17.0 Å². The Balaban J connectivity index is 2.20. The zero-order valence-electron chi connectivity index (χ0n) is 9.77. The van der Waals surface area contributed by atoms with E-state index in [0.29, 0.717) is 22.4 Å². The van der Waals surface area contributed by atoms with Crippen molar-refractivity contribution in [3.63, 3.8) is 0 Å². The van der Waals surface area contributed by atoms with Crippen LogP contribution in [-0.4, -0.2) is 14.9 Å². The number of nitrogens with zero attached hydrogens (tertiary/aromatic N) is 2. The summed E-state index contributed by atoms with van der Waals surface area (Å²) in [7, 11) is 0. The number of anilines is 1. The molecular weight excluding hydrogens is 336 g/mol. The zero-order chi connectivity index (χ0) is 14.0. The van der Waals surface area contributed by atoms with Crippen LogP contribution >= 0.6 is 27.3 Å². The highest BCUT2D eigenvalue weighted by Gasteiger charge is 2.16. The van der Waals surface area contributed by atoms with Crippen molar-refractivity contribution < 1.29 is 4.92 Å². The van der Waals surface area contributed by atoms with E-state index in [2.05, 4.69) is 31.2 Å². The van der Waals surface area contributed by atoms with Crippen molar-refractivity contribution in [2.75, 3.05) is 5.32 Å². The van der Waals surface area contributed by atoms with Crippen molar-refractivity contribution in [2.45, 2.75) is 13.5 Å². The fourth-order valence-electron chi connectivity index (χ4n) is 1.46. The molecule has 0 amide bonds. The number of hydrogen-bond acceptors (Lipinski definition) is 6. The zero-order valence-corrected chi connectivity index (χ0v) is 12.2. The Kier molecular flexibility index (Phi) is 3.96. The molecule has 0 aliphatic rings. The van der Waals surface area contributed by atoms with Crippen molar-refractivity contribution in [1.82, 2.24) is 9.97 Å². The summed E-state index contributed by atoms with van der Waals surface area (Å²) in [5, 5.41) is 15.5. The number of halogens is 1. The Bertz CT molecular complexity index is 682. The molecule has 100 valence electrons. The largest absolute Gasteiger partial charge is 0.364 e. The smallest absolute Gasteiger partial charge is 0.304 e. The van der Waals surface area contributed by atoms with Gasteiger partial charge >= 0.3 is 4.87 Å². The van der Waals surface area contributed by atoms with Gasteiger partial charge in [-0.25, -0.2) is 4.98 Å². The maximum Gasteiger partial charge on any atom is 0.304 e. The summed E-state index contributed by atoms with van der Waals surface area (Å²) in [4.78, 5) is 27.8. The second-order valence-electron chi connectivity index (χ2n) is 3.72. The van der Waals surface area contributed by atoms with Crippen LogP contribution in [0.2, 0.25) is 0 Å². The first-order valence-electron chi connectivity index (χ1n) is 5.19. The van der Waals surface area contributed by atoms with Crippen molar-refractivity contribution >= 4 is 38.8 Å². The van der Waals surface area contributed by atoms with Crippen LogP contribution in [0.1, 0.15) is 11.3 Å². The van der Waals surface area contributed by atoms with E-state index in [-0.39, 0.29) is 10.6 Å². The number of hydrogen-bond donors (Lipinski definition) is 2. The molecule has 0 saturated carbocycles. The van der Waals surface area contributed by atoms with E-state index in [1.807, 2.05) is 0 Å². The average molecular weight is 345 g/mol. The summed E-state index contributed by atoms with van der Waals surface area (Å²) in [6, 6.07) is 0. The molecule has 2 aromatic rings. The molecule has 0 saturated heterocycles. The minimum Gasteiger partial charge on any atom is -0.364 e. The van der Waals surface area contributed by atoms with Gasteiger partial charge in [0, 0.05) is 16.6 Å². The first-order valence-corrected chi connectivity index (χ1v) is 6.86. The van der Waals surface area contributed by atoms with Gasteiger partial charge in [0.05, 0.1) is 15.9 Å². The molecule has 2 aromatic heterocycles. The summed E-state index contributed by atoms with van der Waals surface area (Å²) < 4.78 is 0.541. The number of H-pyrrole nitrogens is 1. The van der Waals surface area contributed by atoms with Crippen molar-refractivity contribution in [3.8, 4) is 0 Å². The standard InChI is InChI=1S/C10H9BrN4O3S/c1-5-7(15(17)18)3-13-9(8(5)11)12-2-6-4-19-10(16)14-6/h3-4H,2H2,1H3,(H,12,13)(H,14,16). The number of aromatic nitrogens is 2. The number of nitrogens with one attached hydrogen (secondary N) is 2. The van der Waals surface area contributed by atoms with Crippen LogP contribution in [0.25, 0.3) is 0 Å². The van der Waals surface area contributed by atoms with Crippen LogP contribution in [0.4, 0.5) is 11.5 Å². The second kappa shape index (κ2) is 5.49. The van der Waals surface area contributed by atoms with Gasteiger partial charge < -0.3 is 10.3 Å². The number of rotatable bonds is 4. The molecule has 2 heterocycles. The first kappa shape index (κ1) is 13.7. The third-order valence-corrected chi connectivity index (χ3v) is 4.14. The van der Waals surface area contributed by atoms with E-state index >= 15 is 0 Å². The van der Waals surface area contributed by atoms with E-state index < -0.39 is 4.92 Å². The summed E-state index contributed by atoms with van der Waals surface area (Å²) in [6.45, 7) is 2.03. The van der Waals surface area contributed by atoms with Gasteiger partial charge in [0.1, 0.15) is 12.0 Å². The summed E-state index contributed by atoms with van der Waals surface area (Å²) >= 11 is 4.36. The number of nitro groups is 1. The van der Waals surface area contributed by atoms with Crippen LogP contribution in [-0.2, 0) is 6.54 Å². The quantitative estimate of drug-likeness (QED) is 0.655. The molecule has 0 fully saturated rings. The molecule has 19 heavy (non-hydrogen) atoms. The monoisotopic (exact) mass is 344 g/mol. The molecule has 2 N–H and O–H groups in total. The maximum atomic E-state index is 11.0. The lowest BCUT2D eigenvalue weighted by Crippen LogP contribution is -2.06. The highest BCUT2D eigenvalue weighted by molar-refractivity contribution is 9.10. The molecule has 0 bridgehead atoms. The molecule has 2 rings (SSSR count). The Morgan fingerprint density at radius 2 is 2.37 bits per heavy atom. The van der Waals surface area contributed by atoms with Gasteiger partial charge in [-0.2, -0.15) is 0 Å². The van der Waals surface area contributed by atoms with Crippen molar-refractivity contribution in [3.05, 3.63) is 47.1 Å². The van der Waals surface area contributed by atoms with Gasteiger partial charge in [0.2, 0.25) is 0 Å². The SMILES string of the molecule is Cc1c([N+](=O)[O-])cnc(NCc2csc(=O)[nH]2)c1Br. The van der Waals surface area contributed by atoms with Gasteiger partial charge in [0.25, 0.3) is 5.69 Å². The molecule has 0 aliphatic carbocycles. The molecule has 0 aromatic carbocycles. The number of thiazole rings is 1. The highest BCUT2D eigenvalue weighted by Crippen LogP contribution is 2.30. The molecule has 0 aliphatic heterocycles. The van der Waals surface area contributed by atoms with Crippen LogP contribution in [0.5, 0.6) is 0 Å². The Hall–Kier alpha value is -1.74. The normalized spacial score (nSPS) is 10.4. The van der Waals surface area contributed by atoms with Gasteiger partial charge in [0.15, 0.2) is 0 Å². The molecular formula is C10H9BrN4O3S. The lowest BCUT2D eigenvalue weighted by molar-refractivity contribution is -0.385. The van der Waals surface area contributed by atoms with Crippen LogP contribution < -0.4 is 10.2 Å². The van der Waals surface area contributed by atoms with Crippen LogP contribution in [0.3, 0.4) is 0 Å². The van der Waals surface area contributed by atoms with E-state index in [1.165, 1.54) is 6.20 Å². The molecule has 9 heteroatoms. The number of pyridine rings is 1. The van der Waals surface area contributed by atoms with Gasteiger partial charge in [-0.15, -0.1) is 0 Å². The predicted octanol–water partition coefficient (Wildman–Crippen LogP) is 2.42. The summed E-state index contributed by atoms with van der Waals surface area (Å²) in [5.41, 5.74) is 1.20. The number of aromatic amines is 1. The van der Waals surface area contributed by atoms with Crippen molar-refractivity contribution in [1.29, 1.82) is 0 Å². The second-order valence-corrected chi connectivity index (χ2v) is 5.35. The first-order chi connectivity index (χ1) is 8.99. The summed E-state index contributed by atoms with van der Waals surface area (Å²) in [5.74, 6) is 0.496. The van der Waals surface area contributed by atoms with E-state index in [1.54, 1.807) is 12.3 Å². The van der Waals surface area contributed by atoms with Gasteiger partial charge in [-0.3, -0.25) is 14.9 Å². The highest BCUT2D eigenvalue weighted by atomic mass is 79.9.